The minimum atomic E-state index is 0.398. The molecular formula is C31H26N8O2. The van der Waals surface area contributed by atoms with Crippen LogP contribution in [0.5, 0.6) is 11.5 Å². The van der Waals surface area contributed by atoms with Crippen molar-refractivity contribution in [2.24, 2.45) is 5.41 Å². The molecule has 41 heavy (non-hydrogen) atoms. The average molecular weight is 543 g/mol. The first-order valence-electron chi connectivity index (χ1n) is 13.8. The molecule has 3 aliphatic heterocycles. The van der Waals surface area contributed by atoms with Gasteiger partial charge in [0.25, 0.3) is 0 Å². The summed E-state index contributed by atoms with van der Waals surface area (Å²) in [5.41, 5.74) is 8.42. The van der Waals surface area contributed by atoms with E-state index in [-0.39, 0.29) is 0 Å². The van der Waals surface area contributed by atoms with Gasteiger partial charge in [-0.2, -0.15) is 10.2 Å². The maximum absolute atomic E-state index is 6.67. The molecule has 2 aromatic carbocycles. The average Bonchev–Trinajstić information content (AvgIpc) is 3.64. The van der Waals surface area contributed by atoms with Crippen molar-refractivity contribution in [1.82, 2.24) is 35.3 Å². The molecule has 0 atom stereocenters. The number of benzene rings is 2. The van der Waals surface area contributed by atoms with Gasteiger partial charge in [0.2, 0.25) is 0 Å². The number of nitrogens with one attached hydrogen (secondary N) is 2. The molecule has 0 aliphatic carbocycles. The number of aromatic amines is 2. The van der Waals surface area contributed by atoms with E-state index >= 15 is 0 Å². The predicted molar refractivity (Wildman–Crippen MR) is 155 cm³/mol. The number of rotatable bonds is 5. The van der Waals surface area contributed by atoms with Crippen molar-refractivity contribution in [3.8, 4) is 33.8 Å². The smallest absolute Gasteiger partial charge is 0.151 e. The van der Waals surface area contributed by atoms with E-state index in [9.17, 15) is 0 Å². The number of aromatic nitrogens is 6. The zero-order chi connectivity index (χ0) is 27.0. The molecule has 4 aromatic heterocycles. The van der Waals surface area contributed by atoms with Gasteiger partial charge in [-0.25, -0.2) is 0 Å². The van der Waals surface area contributed by atoms with E-state index in [1.165, 1.54) is 0 Å². The number of fused-ring (bicyclic) bond motifs is 4. The Morgan fingerprint density at radius 2 is 1.29 bits per heavy atom. The van der Waals surface area contributed by atoms with Crippen LogP contribution in [0.15, 0.2) is 73.6 Å². The number of ether oxygens (including phenoxy) is 2. The molecule has 0 saturated carbocycles. The molecular weight excluding hydrogens is 516 g/mol. The summed E-state index contributed by atoms with van der Waals surface area (Å²) < 4.78 is 12.1. The van der Waals surface area contributed by atoms with E-state index in [1.807, 2.05) is 24.8 Å². The summed E-state index contributed by atoms with van der Waals surface area (Å²) in [5, 5.41) is 16.5. The van der Waals surface area contributed by atoms with Gasteiger partial charge in [0, 0.05) is 65.9 Å². The maximum Gasteiger partial charge on any atom is 0.151 e. The van der Waals surface area contributed by atoms with Crippen LogP contribution in [0, 0.1) is 5.41 Å². The monoisotopic (exact) mass is 542 g/mol. The molecule has 7 heterocycles. The topological polar surface area (TPSA) is 108 Å². The lowest BCUT2D eigenvalue weighted by Gasteiger charge is -2.55. The number of likely N-dealkylation sites (tertiary alicyclic amines) is 1. The van der Waals surface area contributed by atoms with Gasteiger partial charge in [0.15, 0.2) is 11.5 Å². The van der Waals surface area contributed by atoms with Crippen molar-refractivity contribution in [2.45, 2.75) is 0 Å². The molecule has 9 rings (SSSR count). The fraction of sp³-hybridized carbons (Fsp3) is 0.226. The van der Waals surface area contributed by atoms with Crippen LogP contribution in [0.4, 0.5) is 11.4 Å². The molecule has 10 nitrogen and oxygen atoms in total. The van der Waals surface area contributed by atoms with Gasteiger partial charge in [-0.3, -0.25) is 20.2 Å². The van der Waals surface area contributed by atoms with E-state index < -0.39 is 0 Å². The van der Waals surface area contributed by atoms with Crippen molar-refractivity contribution in [3.05, 3.63) is 73.6 Å². The summed E-state index contributed by atoms with van der Waals surface area (Å²) >= 11 is 0. The van der Waals surface area contributed by atoms with Gasteiger partial charge in [-0.1, -0.05) is 12.1 Å². The Morgan fingerprint density at radius 1 is 0.707 bits per heavy atom. The van der Waals surface area contributed by atoms with E-state index in [4.69, 9.17) is 9.47 Å². The third kappa shape index (κ3) is 3.57. The van der Waals surface area contributed by atoms with Crippen LogP contribution < -0.4 is 9.64 Å². The Morgan fingerprint density at radius 3 is 1.83 bits per heavy atom. The van der Waals surface area contributed by atoms with Crippen molar-refractivity contribution in [3.63, 3.8) is 0 Å². The van der Waals surface area contributed by atoms with Crippen molar-refractivity contribution in [1.29, 1.82) is 0 Å². The summed E-state index contributed by atoms with van der Waals surface area (Å²) in [5.74, 6) is 1.64. The lowest BCUT2D eigenvalue weighted by Crippen LogP contribution is -2.66. The normalized spacial score (nSPS) is 17.2. The van der Waals surface area contributed by atoms with Crippen molar-refractivity contribution >= 4 is 33.2 Å². The van der Waals surface area contributed by atoms with Crippen LogP contribution in [-0.2, 0) is 4.74 Å². The van der Waals surface area contributed by atoms with Gasteiger partial charge in [0.1, 0.15) is 0 Å². The molecule has 202 valence electrons. The Kier molecular flexibility index (Phi) is 4.81. The van der Waals surface area contributed by atoms with Crippen LogP contribution in [0.3, 0.4) is 0 Å². The molecule has 2 N–H and O–H groups in total. The molecule has 2 fully saturated rings. The summed E-state index contributed by atoms with van der Waals surface area (Å²) in [4.78, 5) is 13.8. The largest absolute Gasteiger partial charge is 0.453 e. The summed E-state index contributed by atoms with van der Waals surface area (Å²) in [6.07, 6.45) is 11.1. The minimum absolute atomic E-state index is 0.398. The highest BCUT2D eigenvalue weighted by Gasteiger charge is 2.48. The summed E-state index contributed by atoms with van der Waals surface area (Å²) in [6, 6.07) is 12.8. The van der Waals surface area contributed by atoms with E-state index in [2.05, 4.69) is 76.6 Å². The molecule has 1 spiro atoms. The van der Waals surface area contributed by atoms with Crippen LogP contribution in [0.2, 0.25) is 0 Å². The highest BCUT2D eigenvalue weighted by atomic mass is 16.5. The molecule has 0 bridgehead atoms. The third-order valence-corrected chi connectivity index (χ3v) is 8.65. The van der Waals surface area contributed by atoms with Crippen LogP contribution >= 0.6 is 0 Å². The number of pyridine rings is 2. The molecule has 2 saturated heterocycles. The van der Waals surface area contributed by atoms with Crippen molar-refractivity contribution in [2.75, 3.05) is 44.3 Å². The molecule has 6 aromatic rings. The van der Waals surface area contributed by atoms with Gasteiger partial charge in [-0.05, 0) is 35.4 Å². The first kappa shape index (κ1) is 23.0. The Balaban J connectivity index is 1.11. The van der Waals surface area contributed by atoms with E-state index in [0.29, 0.717) is 5.41 Å². The second-order valence-electron chi connectivity index (χ2n) is 11.4. The van der Waals surface area contributed by atoms with Crippen molar-refractivity contribution < 1.29 is 9.47 Å². The Labute approximate surface area is 234 Å². The predicted octanol–water partition coefficient (Wildman–Crippen LogP) is 5.14. The number of hydrogen-bond acceptors (Lipinski definition) is 8. The van der Waals surface area contributed by atoms with Crippen LogP contribution in [-0.4, -0.2) is 74.7 Å². The molecule has 0 radical (unpaired) electrons. The lowest BCUT2D eigenvalue weighted by molar-refractivity contribution is -0.187. The van der Waals surface area contributed by atoms with E-state index in [1.54, 1.807) is 12.4 Å². The quantitative estimate of drug-likeness (QED) is 0.308. The fourth-order valence-electron chi connectivity index (χ4n) is 6.53. The molecule has 10 heteroatoms. The van der Waals surface area contributed by atoms with E-state index in [0.717, 1.165) is 106 Å². The SMILES string of the molecule is c1cc2c(cc1-c1cncc3[nH]ncc13)Oc1cc(-c3cncc4[nH]ncc34)ccc1N2CCN1CC2(COC2)C1. The highest BCUT2D eigenvalue weighted by molar-refractivity contribution is 5.96. The Bertz CT molecular complexity index is 1830. The molecule has 0 amide bonds. The number of anilines is 2. The van der Waals surface area contributed by atoms with Crippen LogP contribution in [0.1, 0.15) is 0 Å². The zero-order valence-corrected chi connectivity index (χ0v) is 22.2. The van der Waals surface area contributed by atoms with Gasteiger partial charge in [0.05, 0.1) is 60.4 Å². The lowest BCUT2D eigenvalue weighted by atomic mass is 9.78. The summed E-state index contributed by atoms with van der Waals surface area (Å²) in [7, 11) is 0. The van der Waals surface area contributed by atoms with Crippen LogP contribution in [0.25, 0.3) is 44.1 Å². The number of hydrogen-bond donors (Lipinski definition) is 2. The van der Waals surface area contributed by atoms with Gasteiger partial charge in [-0.15, -0.1) is 0 Å². The van der Waals surface area contributed by atoms with Gasteiger partial charge >= 0.3 is 0 Å². The maximum atomic E-state index is 6.67. The second kappa shape index (κ2) is 8.60. The Hall–Kier alpha value is -4.80. The third-order valence-electron chi connectivity index (χ3n) is 8.65. The molecule has 0 unspecified atom stereocenters. The number of H-pyrrole nitrogens is 2. The summed E-state index contributed by atoms with van der Waals surface area (Å²) in [6.45, 7) is 5.84. The zero-order valence-electron chi connectivity index (χ0n) is 22.2. The second-order valence-corrected chi connectivity index (χ2v) is 11.4. The first-order chi connectivity index (χ1) is 20.2. The highest BCUT2D eigenvalue weighted by Crippen LogP contribution is 2.49. The number of nitrogens with zero attached hydrogens (tertiary/aromatic N) is 6. The standard InChI is InChI=1S/C31H26N8O2/c1-3-27-29(7-19(1)21-9-32-13-25-23(21)11-34-36-25)41-30-8-20(22-10-33-14-26-24(22)12-35-37-26)2-4-28(30)39(27)6-5-38-15-31(16-38)17-40-18-31/h1-4,7-14H,5-6,15-18H2,(H,34,36)(H,35,37). The first-order valence-corrected chi connectivity index (χ1v) is 13.8. The molecule has 3 aliphatic rings. The fourth-order valence-corrected chi connectivity index (χ4v) is 6.53. The van der Waals surface area contributed by atoms with Gasteiger partial charge < -0.3 is 19.3 Å². The minimum Gasteiger partial charge on any atom is -0.453 e.